The van der Waals surface area contributed by atoms with E-state index in [9.17, 15) is 4.79 Å². The van der Waals surface area contributed by atoms with E-state index in [-0.39, 0.29) is 11.8 Å². The van der Waals surface area contributed by atoms with E-state index in [1.165, 1.54) is 0 Å². The van der Waals surface area contributed by atoms with Crippen molar-refractivity contribution in [3.63, 3.8) is 0 Å². The van der Waals surface area contributed by atoms with Gasteiger partial charge in [0, 0.05) is 12.2 Å². The van der Waals surface area contributed by atoms with Gasteiger partial charge >= 0.3 is 0 Å². The molecular formula is C21H25N3O3. The fraction of sp³-hybridized carbons (Fsp3) is 0.381. The molecule has 0 saturated carbocycles. The second-order valence-corrected chi connectivity index (χ2v) is 7.02. The number of ether oxygens (including phenoxy) is 1. The number of rotatable bonds is 6. The van der Waals surface area contributed by atoms with Gasteiger partial charge in [-0.25, -0.2) is 4.98 Å². The molecule has 3 rings (SSSR count). The average Bonchev–Trinajstić information content (AvgIpc) is 3.02. The number of amides is 1. The topological polar surface area (TPSA) is 77.2 Å². The second kappa shape index (κ2) is 7.78. The molecule has 1 aromatic carbocycles. The smallest absolute Gasteiger partial charge is 0.259 e. The third-order valence-electron chi connectivity index (χ3n) is 4.59. The normalized spacial score (nSPS) is 11.2. The first kappa shape index (κ1) is 18.9. The van der Waals surface area contributed by atoms with E-state index in [0.29, 0.717) is 35.3 Å². The highest BCUT2D eigenvalue weighted by molar-refractivity contribution is 6.06. The van der Waals surface area contributed by atoms with Gasteiger partial charge in [0.15, 0.2) is 0 Å². The average molecular weight is 367 g/mol. The molecule has 0 fully saturated rings. The third kappa shape index (κ3) is 3.94. The number of hydrogen-bond acceptors (Lipinski definition) is 5. The summed E-state index contributed by atoms with van der Waals surface area (Å²) in [6, 6.07) is 7.88. The maximum Gasteiger partial charge on any atom is 0.259 e. The summed E-state index contributed by atoms with van der Waals surface area (Å²) in [5.41, 5.74) is 4.67. The van der Waals surface area contributed by atoms with Gasteiger partial charge in [0.1, 0.15) is 5.75 Å². The lowest BCUT2D eigenvalue weighted by Gasteiger charge is -2.12. The van der Waals surface area contributed by atoms with Crippen molar-refractivity contribution in [1.82, 2.24) is 15.5 Å². The summed E-state index contributed by atoms with van der Waals surface area (Å²) in [5.74, 6) is 0.864. The van der Waals surface area contributed by atoms with E-state index >= 15 is 0 Å². The standard InChI is InChI=1S/C21H25N3O3/c1-12(2)17-11-16(19-14(4)24-27-21(19)23-17)20(25)22-9-8-15-10-13(3)6-7-18(15)26-5/h6-7,10-12H,8-9H2,1-5H3,(H,22,25). The Bertz CT molecular complexity index is 976. The van der Waals surface area contributed by atoms with Gasteiger partial charge in [-0.15, -0.1) is 0 Å². The van der Waals surface area contributed by atoms with Crippen molar-refractivity contribution in [2.75, 3.05) is 13.7 Å². The van der Waals surface area contributed by atoms with Gasteiger partial charge in [0.2, 0.25) is 0 Å². The van der Waals surface area contributed by atoms with Crippen LogP contribution in [0.5, 0.6) is 5.75 Å². The van der Waals surface area contributed by atoms with Gasteiger partial charge in [-0.1, -0.05) is 36.7 Å². The molecule has 0 aliphatic carbocycles. The van der Waals surface area contributed by atoms with Crippen molar-refractivity contribution in [3.05, 3.63) is 52.3 Å². The number of carbonyl (C=O) groups excluding carboxylic acids is 1. The lowest BCUT2D eigenvalue weighted by atomic mass is 10.0. The Morgan fingerprint density at radius 3 is 2.74 bits per heavy atom. The second-order valence-electron chi connectivity index (χ2n) is 7.02. The third-order valence-corrected chi connectivity index (χ3v) is 4.59. The van der Waals surface area contributed by atoms with Gasteiger partial charge in [0.25, 0.3) is 11.6 Å². The van der Waals surface area contributed by atoms with Crippen LogP contribution in [-0.4, -0.2) is 29.7 Å². The van der Waals surface area contributed by atoms with Crippen molar-refractivity contribution in [1.29, 1.82) is 0 Å². The maximum atomic E-state index is 12.9. The van der Waals surface area contributed by atoms with E-state index in [0.717, 1.165) is 22.6 Å². The SMILES string of the molecule is COc1ccc(C)cc1CCNC(=O)c1cc(C(C)C)nc2onc(C)c12. The van der Waals surface area contributed by atoms with Crippen molar-refractivity contribution in [2.45, 2.75) is 40.0 Å². The van der Waals surface area contributed by atoms with E-state index in [1.807, 2.05) is 45.9 Å². The molecule has 0 atom stereocenters. The zero-order chi connectivity index (χ0) is 19.6. The molecule has 0 aliphatic rings. The number of aromatic nitrogens is 2. The number of carbonyl (C=O) groups is 1. The highest BCUT2D eigenvalue weighted by Gasteiger charge is 2.19. The van der Waals surface area contributed by atoms with Crippen LogP contribution in [0.25, 0.3) is 11.1 Å². The molecule has 0 saturated heterocycles. The molecule has 2 heterocycles. The van der Waals surface area contributed by atoms with Gasteiger partial charge in [0.05, 0.1) is 23.8 Å². The molecule has 0 radical (unpaired) electrons. The molecule has 1 amide bonds. The number of pyridine rings is 1. The van der Waals surface area contributed by atoms with Crippen LogP contribution in [0.1, 0.15) is 52.6 Å². The number of fused-ring (bicyclic) bond motifs is 1. The summed E-state index contributed by atoms with van der Waals surface area (Å²) in [5, 5.41) is 7.64. The molecule has 142 valence electrons. The Hall–Kier alpha value is -2.89. The van der Waals surface area contributed by atoms with Gasteiger partial charge < -0.3 is 14.6 Å². The van der Waals surface area contributed by atoms with Crippen LogP contribution in [0, 0.1) is 13.8 Å². The van der Waals surface area contributed by atoms with Crippen molar-refractivity contribution in [3.8, 4) is 5.75 Å². The lowest BCUT2D eigenvalue weighted by Crippen LogP contribution is -2.26. The Morgan fingerprint density at radius 2 is 2.04 bits per heavy atom. The number of hydrogen-bond donors (Lipinski definition) is 1. The zero-order valence-electron chi connectivity index (χ0n) is 16.4. The quantitative estimate of drug-likeness (QED) is 0.714. The number of nitrogens with one attached hydrogen (secondary N) is 1. The molecule has 0 bridgehead atoms. The Morgan fingerprint density at radius 1 is 1.26 bits per heavy atom. The first-order chi connectivity index (χ1) is 12.9. The number of aryl methyl sites for hydroxylation is 2. The highest BCUT2D eigenvalue weighted by Crippen LogP contribution is 2.25. The maximum absolute atomic E-state index is 12.9. The summed E-state index contributed by atoms with van der Waals surface area (Å²) in [4.78, 5) is 17.3. The van der Waals surface area contributed by atoms with Gasteiger partial charge in [-0.3, -0.25) is 4.79 Å². The highest BCUT2D eigenvalue weighted by atomic mass is 16.5. The first-order valence-corrected chi connectivity index (χ1v) is 9.09. The molecule has 0 spiro atoms. The van der Waals surface area contributed by atoms with Crippen LogP contribution in [0.2, 0.25) is 0 Å². The number of methoxy groups -OCH3 is 1. The van der Waals surface area contributed by atoms with Crippen LogP contribution in [-0.2, 0) is 6.42 Å². The summed E-state index contributed by atoms with van der Waals surface area (Å²) in [6.07, 6.45) is 0.685. The van der Waals surface area contributed by atoms with Crippen molar-refractivity contribution < 1.29 is 14.1 Å². The summed E-state index contributed by atoms with van der Waals surface area (Å²) in [7, 11) is 1.66. The summed E-state index contributed by atoms with van der Waals surface area (Å²) < 4.78 is 10.7. The van der Waals surface area contributed by atoms with Crippen LogP contribution in [0.15, 0.2) is 28.8 Å². The van der Waals surface area contributed by atoms with Crippen molar-refractivity contribution in [2.24, 2.45) is 0 Å². The Balaban J connectivity index is 1.80. The molecular weight excluding hydrogens is 342 g/mol. The van der Waals surface area contributed by atoms with Crippen LogP contribution in [0.4, 0.5) is 0 Å². The zero-order valence-corrected chi connectivity index (χ0v) is 16.4. The van der Waals surface area contributed by atoms with Gasteiger partial charge in [-0.2, -0.15) is 0 Å². The molecule has 6 nitrogen and oxygen atoms in total. The minimum absolute atomic E-state index is 0.151. The molecule has 0 aliphatic heterocycles. The predicted molar refractivity (Wildman–Crippen MR) is 104 cm³/mol. The molecule has 3 aromatic rings. The van der Waals surface area contributed by atoms with Crippen LogP contribution < -0.4 is 10.1 Å². The van der Waals surface area contributed by atoms with Crippen LogP contribution in [0.3, 0.4) is 0 Å². The van der Waals surface area contributed by atoms with Crippen molar-refractivity contribution >= 4 is 17.0 Å². The molecule has 6 heteroatoms. The van der Waals surface area contributed by atoms with E-state index < -0.39 is 0 Å². The predicted octanol–water partition coefficient (Wildman–Crippen LogP) is 3.94. The molecule has 2 aromatic heterocycles. The summed E-state index contributed by atoms with van der Waals surface area (Å²) >= 11 is 0. The molecule has 27 heavy (non-hydrogen) atoms. The first-order valence-electron chi connectivity index (χ1n) is 9.09. The monoisotopic (exact) mass is 367 g/mol. The number of nitrogens with zero attached hydrogens (tertiary/aromatic N) is 2. The summed E-state index contributed by atoms with van der Waals surface area (Å²) in [6.45, 7) is 8.42. The minimum atomic E-state index is -0.151. The Labute approximate surface area is 158 Å². The Kier molecular flexibility index (Phi) is 5.44. The van der Waals surface area contributed by atoms with Gasteiger partial charge in [-0.05, 0) is 43.9 Å². The van der Waals surface area contributed by atoms with E-state index in [2.05, 4.69) is 21.5 Å². The van der Waals surface area contributed by atoms with E-state index in [1.54, 1.807) is 7.11 Å². The van der Waals surface area contributed by atoms with E-state index in [4.69, 9.17) is 9.26 Å². The molecule has 1 N–H and O–H groups in total. The largest absolute Gasteiger partial charge is 0.496 e. The fourth-order valence-electron chi connectivity index (χ4n) is 3.10. The van der Waals surface area contributed by atoms with Crippen LogP contribution >= 0.6 is 0 Å². The lowest BCUT2D eigenvalue weighted by molar-refractivity contribution is 0.0955. The number of benzene rings is 1. The fourth-order valence-corrected chi connectivity index (χ4v) is 3.10. The minimum Gasteiger partial charge on any atom is -0.496 e. The molecule has 0 unspecified atom stereocenters.